The third-order valence-corrected chi connectivity index (χ3v) is 7.67. The molecule has 3 heterocycles. The summed E-state index contributed by atoms with van der Waals surface area (Å²) in [5.41, 5.74) is 5.72. The number of pyridine rings is 1. The summed E-state index contributed by atoms with van der Waals surface area (Å²) < 4.78 is 16.2. The Morgan fingerprint density at radius 3 is 2.86 bits per heavy atom. The van der Waals surface area contributed by atoms with E-state index in [1.165, 1.54) is 30.2 Å². The van der Waals surface area contributed by atoms with Crippen LogP contribution in [0.3, 0.4) is 0 Å². The SMILES string of the molecule is CN1Cc2cc(Nc3ncc(C#N)c(Nc4cccc(N=S(C)(C)=O)n4)n3)cc3c2C(CC2CC32)C1. The van der Waals surface area contributed by atoms with E-state index in [4.69, 9.17) is 0 Å². The molecule has 6 rings (SSSR count). The number of likely N-dealkylation sites (N-methyl/N-ethyl adjacent to an activating group) is 1. The van der Waals surface area contributed by atoms with E-state index in [1.54, 1.807) is 36.3 Å². The first-order valence-corrected chi connectivity index (χ1v) is 14.4. The highest BCUT2D eigenvalue weighted by Gasteiger charge is 2.47. The normalized spacial score (nSPS) is 22.1. The van der Waals surface area contributed by atoms with Crippen molar-refractivity contribution in [3.63, 3.8) is 0 Å². The van der Waals surface area contributed by atoms with Gasteiger partial charge in [-0.25, -0.2) is 14.2 Å². The van der Waals surface area contributed by atoms with Crippen molar-refractivity contribution >= 4 is 38.8 Å². The molecule has 3 atom stereocenters. The summed E-state index contributed by atoms with van der Waals surface area (Å²) in [6.45, 7) is 2.08. The van der Waals surface area contributed by atoms with Crippen molar-refractivity contribution in [2.75, 3.05) is 36.7 Å². The number of benzene rings is 1. The van der Waals surface area contributed by atoms with E-state index >= 15 is 0 Å². The van der Waals surface area contributed by atoms with E-state index in [2.05, 4.69) is 60.1 Å². The molecule has 2 aromatic heterocycles. The second kappa shape index (κ2) is 8.54. The van der Waals surface area contributed by atoms with Gasteiger partial charge in [0.1, 0.15) is 17.5 Å². The molecule has 1 fully saturated rings. The lowest BCUT2D eigenvalue weighted by atomic mass is 9.77. The van der Waals surface area contributed by atoms with Crippen molar-refractivity contribution in [2.45, 2.75) is 31.2 Å². The van der Waals surface area contributed by atoms with Gasteiger partial charge in [-0.15, -0.1) is 0 Å². The first-order chi connectivity index (χ1) is 17.3. The Morgan fingerprint density at radius 1 is 1.19 bits per heavy atom. The Kier molecular flexibility index (Phi) is 5.43. The number of rotatable bonds is 5. The van der Waals surface area contributed by atoms with Crippen LogP contribution in [0.1, 0.15) is 46.9 Å². The van der Waals surface area contributed by atoms with Crippen LogP contribution >= 0.6 is 0 Å². The van der Waals surface area contributed by atoms with Crippen LogP contribution in [0, 0.1) is 17.2 Å². The molecule has 0 spiro atoms. The van der Waals surface area contributed by atoms with Crippen molar-refractivity contribution in [1.29, 1.82) is 5.26 Å². The number of nitriles is 1. The van der Waals surface area contributed by atoms with Gasteiger partial charge in [-0.1, -0.05) is 6.07 Å². The van der Waals surface area contributed by atoms with Gasteiger partial charge < -0.3 is 15.5 Å². The molecule has 9 nitrogen and oxygen atoms in total. The van der Waals surface area contributed by atoms with Gasteiger partial charge in [-0.2, -0.15) is 14.6 Å². The van der Waals surface area contributed by atoms with E-state index in [1.807, 2.05) is 0 Å². The smallest absolute Gasteiger partial charge is 0.229 e. The fraction of sp³-hybridized carbons (Fsp3) is 0.385. The van der Waals surface area contributed by atoms with E-state index < -0.39 is 9.73 Å². The van der Waals surface area contributed by atoms with Crippen molar-refractivity contribution < 1.29 is 4.21 Å². The average Bonchev–Trinajstić information content (AvgIpc) is 3.58. The molecule has 0 amide bonds. The molecule has 0 bridgehead atoms. The van der Waals surface area contributed by atoms with Crippen LogP contribution in [0.25, 0.3) is 0 Å². The zero-order valence-corrected chi connectivity index (χ0v) is 21.3. The molecule has 184 valence electrons. The summed E-state index contributed by atoms with van der Waals surface area (Å²) in [5.74, 6) is 3.69. The third-order valence-electron chi connectivity index (χ3n) is 7.05. The Balaban J connectivity index is 1.30. The molecule has 1 aliphatic heterocycles. The predicted molar refractivity (Wildman–Crippen MR) is 141 cm³/mol. The zero-order valence-electron chi connectivity index (χ0n) is 20.5. The molecule has 0 saturated heterocycles. The molecule has 0 radical (unpaired) electrons. The minimum atomic E-state index is -2.34. The number of nitrogens with zero attached hydrogens (tertiary/aromatic N) is 6. The van der Waals surface area contributed by atoms with Crippen LogP contribution in [0.4, 0.5) is 29.1 Å². The van der Waals surface area contributed by atoms with Crippen LogP contribution in [-0.4, -0.2) is 50.2 Å². The van der Waals surface area contributed by atoms with E-state index in [-0.39, 0.29) is 0 Å². The Bertz CT molecular complexity index is 1530. The largest absolute Gasteiger partial charge is 0.324 e. The summed E-state index contributed by atoms with van der Waals surface area (Å²) in [7, 11) is -0.150. The van der Waals surface area contributed by atoms with Gasteiger partial charge in [0, 0.05) is 41.0 Å². The van der Waals surface area contributed by atoms with Gasteiger partial charge in [0.05, 0.1) is 6.20 Å². The third kappa shape index (κ3) is 4.52. The van der Waals surface area contributed by atoms with E-state index in [0.29, 0.717) is 40.8 Å². The van der Waals surface area contributed by atoms with Crippen LogP contribution in [0.15, 0.2) is 40.9 Å². The molecular formula is C26H28N8OS. The number of nitrogens with one attached hydrogen (secondary N) is 2. The van der Waals surface area contributed by atoms with Gasteiger partial charge in [0.2, 0.25) is 5.95 Å². The molecule has 2 N–H and O–H groups in total. The number of hydrogen-bond acceptors (Lipinski definition) is 9. The van der Waals surface area contributed by atoms with Crippen LogP contribution < -0.4 is 10.6 Å². The summed E-state index contributed by atoms with van der Waals surface area (Å²) in [5, 5.41) is 16.1. The Hall–Kier alpha value is -3.55. The molecule has 10 heteroatoms. The first kappa shape index (κ1) is 22.9. The number of hydrogen-bond donors (Lipinski definition) is 2. The van der Waals surface area contributed by atoms with Gasteiger partial charge in [-0.3, -0.25) is 0 Å². The fourth-order valence-electron chi connectivity index (χ4n) is 5.65. The van der Waals surface area contributed by atoms with E-state index in [9.17, 15) is 9.47 Å². The molecular weight excluding hydrogens is 472 g/mol. The highest BCUT2D eigenvalue weighted by Crippen LogP contribution is 2.60. The highest BCUT2D eigenvalue weighted by atomic mass is 32.2. The number of aromatic nitrogens is 3. The summed E-state index contributed by atoms with van der Waals surface area (Å²) in [4.78, 5) is 15.8. The Morgan fingerprint density at radius 2 is 2.06 bits per heavy atom. The predicted octanol–water partition coefficient (Wildman–Crippen LogP) is 4.63. The molecule has 3 aromatic rings. The van der Waals surface area contributed by atoms with Crippen LogP contribution in [0.2, 0.25) is 0 Å². The topological polar surface area (TPSA) is 119 Å². The summed E-state index contributed by atoms with van der Waals surface area (Å²) in [6, 6.07) is 11.8. The van der Waals surface area contributed by atoms with Crippen molar-refractivity contribution in [1.82, 2.24) is 19.9 Å². The Labute approximate surface area is 211 Å². The van der Waals surface area contributed by atoms with Crippen LogP contribution in [-0.2, 0) is 16.3 Å². The zero-order chi connectivity index (χ0) is 25.0. The quantitative estimate of drug-likeness (QED) is 0.521. The first-order valence-electron chi connectivity index (χ1n) is 12.1. The second-order valence-corrected chi connectivity index (χ2v) is 12.9. The van der Waals surface area contributed by atoms with Crippen molar-refractivity contribution in [3.8, 4) is 6.07 Å². The standard InChI is InChI=1S/C26H28N8OS/c1-34-13-16-7-15-9-20(15)21-10-19(8-17(14-34)24(16)21)29-26-28-12-18(11-27)25(32-26)31-22-5-4-6-23(30-22)33-36(2,3)35/h4-6,8,10,12,15-16,20H,7,9,13-14H2,1-3H3,(H2,28,29,30,31,32). The van der Waals surface area contributed by atoms with Gasteiger partial charge in [0.15, 0.2) is 11.6 Å². The van der Waals surface area contributed by atoms with Crippen molar-refractivity contribution in [2.24, 2.45) is 10.3 Å². The molecule has 3 unspecified atom stereocenters. The molecule has 1 saturated carbocycles. The lowest BCUT2D eigenvalue weighted by Crippen LogP contribution is -2.33. The van der Waals surface area contributed by atoms with Gasteiger partial charge in [0.25, 0.3) is 0 Å². The van der Waals surface area contributed by atoms with Gasteiger partial charge >= 0.3 is 0 Å². The van der Waals surface area contributed by atoms with Gasteiger partial charge in [-0.05, 0) is 78.6 Å². The summed E-state index contributed by atoms with van der Waals surface area (Å²) >= 11 is 0. The number of fused-ring (bicyclic) bond motifs is 2. The lowest BCUT2D eigenvalue weighted by molar-refractivity contribution is 0.265. The maximum absolute atomic E-state index is 12.0. The molecule has 36 heavy (non-hydrogen) atoms. The molecule has 2 aliphatic carbocycles. The summed E-state index contributed by atoms with van der Waals surface area (Å²) in [6.07, 6.45) is 7.22. The van der Waals surface area contributed by atoms with Crippen molar-refractivity contribution in [3.05, 3.63) is 58.8 Å². The minimum absolute atomic E-state index is 0.297. The highest BCUT2D eigenvalue weighted by molar-refractivity contribution is 7.92. The maximum Gasteiger partial charge on any atom is 0.229 e. The minimum Gasteiger partial charge on any atom is -0.324 e. The maximum atomic E-state index is 12.0. The molecule has 3 aliphatic rings. The average molecular weight is 501 g/mol. The molecule has 1 aromatic carbocycles. The van der Waals surface area contributed by atoms with Crippen LogP contribution in [0.5, 0.6) is 0 Å². The second-order valence-electron chi connectivity index (χ2n) is 10.3. The monoisotopic (exact) mass is 500 g/mol. The number of anilines is 4. The lowest BCUT2D eigenvalue weighted by Gasteiger charge is -2.37. The van der Waals surface area contributed by atoms with E-state index in [0.717, 1.165) is 24.7 Å². The fourth-order valence-corrected chi connectivity index (χ4v) is 6.21.